The predicted molar refractivity (Wildman–Crippen MR) is 108 cm³/mol. The van der Waals surface area contributed by atoms with Crippen LogP contribution < -0.4 is 0 Å². The van der Waals surface area contributed by atoms with Crippen LogP contribution >= 0.6 is 0 Å². The van der Waals surface area contributed by atoms with Crippen molar-refractivity contribution in [3.8, 4) is 0 Å². The molecule has 4 nitrogen and oxygen atoms in total. The number of nitrogens with zero attached hydrogens (tertiary/aromatic N) is 4. The van der Waals surface area contributed by atoms with Gasteiger partial charge in [-0.2, -0.15) is 13.3 Å². The summed E-state index contributed by atoms with van der Waals surface area (Å²) in [5.41, 5.74) is 0. The second kappa shape index (κ2) is 13.4. The molecule has 0 atom stereocenters. The Bertz CT molecular complexity index is 310. The fourth-order valence-corrected chi connectivity index (χ4v) is 1.99. The van der Waals surface area contributed by atoms with Crippen molar-refractivity contribution < 1.29 is 16.5 Å². The fraction of sp³-hybridized carbons (Fsp3) is 0.600. The Balaban J connectivity index is -0.000000346. The van der Waals surface area contributed by atoms with Crippen molar-refractivity contribution >= 4 is 0 Å². The van der Waals surface area contributed by atoms with Gasteiger partial charge in [0, 0.05) is 16.5 Å². The molecule has 0 aliphatic carbocycles. The van der Waals surface area contributed by atoms with Crippen molar-refractivity contribution in [1.82, 2.24) is 19.6 Å². The largest absolute Gasteiger partial charge is 0.506 e. The van der Waals surface area contributed by atoms with Gasteiger partial charge in [-0.15, -0.1) is 0 Å². The van der Waals surface area contributed by atoms with Crippen LogP contribution in [0.2, 0.25) is 0 Å². The molecule has 154 valence electrons. The van der Waals surface area contributed by atoms with Crippen LogP contribution in [0.15, 0.2) is 24.8 Å². The van der Waals surface area contributed by atoms with Crippen LogP contribution in [0.1, 0.15) is 55.4 Å². The molecular formula is C20H40N4Ni-4. The van der Waals surface area contributed by atoms with Gasteiger partial charge in [-0.3, -0.25) is 0 Å². The zero-order valence-electron chi connectivity index (χ0n) is 17.9. The average Bonchev–Trinajstić information content (AvgIpc) is 3.09. The molecule has 0 aromatic carbocycles. The third kappa shape index (κ3) is 9.44. The zero-order chi connectivity index (χ0) is 16.9. The van der Waals surface area contributed by atoms with Crippen LogP contribution in [-0.2, 0) is 16.5 Å². The van der Waals surface area contributed by atoms with Gasteiger partial charge in [0.05, 0.1) is 0 Å². The van der Waals surface area contributed by atoms with Crippen molar-refractivity contribution in [2.24, 2.45) is 0 Å². The predicted octanol–water partition coefficient (Wildman–Crippen LogP) is 4.92. The Kier molecular flexibility index (Phi) is 15.5. The van der Waals surface area contributed by atoms with E-state index in [-0.39, 0.29) is 31.3 Å². The second-order valence-corrected chi connectivity index (χ2v) is 6.99. The van der Waals surface area contributed by atoms with Crippen LogP contribution in [0.25, 0.3) is 0 Å². The fourth-order valence-electron chi connectivity index (χ4n) is 1.99. The quantitative estimate of drug-likeness (QED) is 0.495. The van der Waals surface area contributed by atoms with E-state index >= 15 is 0 Å². The Morgan fingerprint density at radius 2 is 0.640 bits per heavy atom. The van der Waals surface area contributed by atoms with Crippen LogP contribution in [-0.4, -0.2) is 43.8 Å². The maximum atomic E-state index is 2.21. The summed E-state index contributed by atoms with van der Waals surface area (Å²) in [7, 11) is 0. The molecule has 0 amide bonds. The van der Waals surface area contributed by atoms with Crippen LogP contribution in [0.5, 0.6) is 0 Å². The Morgan fingerprint density at radius 3 is 0.720 bits per heavy atom. The van der Waals surface area contributed by atoms with Crippen molar-refractivity contribution in [1.29, 1.82) is 0 Å². The van der Waals surface area contributed by atoms with Crippen molar-refractivity contribution in [2.75, 3.05) is 0 Å². The maximum Gasteiger partial charge on any atom is 0 e. The molecule has 0 unspecified atom stereocenters. The first-order chi connectivity index (χ1) is 10.2. The van der Waals surface area contributed by atoms with E-state index in [4.69, 9.17) is 0 Å². The second-order valence-electron chi connectivity index (χ2n) is 6.99. The van der Waals surface area contributed by atoms with Crippen LogP contribution in [0.3, 0.4) is 0 Å². The molecule has 0 N–H and O–H groups in total. The monoisotopic (exact) mass is 394 g/mol. The van der Waals surface area contributed by atoms with E-state index in [9.17, 15) is 0 Å². The zero-order valence-corrected chi connectivity index (χ0v) is 18.9. The Hall–Kier alpha value is -0.826. The molecule has 0 radical (unpaired) electrons. The molecule has 2 rings (SSSR count). The van der Waals surface area contributed by atoms with Gasteiger partial charge in [-0.25, -0.2) is 0 Å². The van der Waals surface area contributed by atoms with Crippen molar-refractivity contribution in [3.63, 3.8) is 0 Å². The molecule has 2 aliphatic heterocycles. The van der Waals surface area contributed by atoms with E-state index in [0.29, 0.717) is 24.2 Å². The van der Waals surface area contributed by atoms with Crippen LogP contribution in [0, 0.1) is 28.2 Å². The molecule has 0 bridgehead atoms. The van der Waals surface area contributed by atoms with E-state index in [2.05, 4.69) is 113 Å². The van der Waals surface area contributed by atoms with Gasteiger partial charge in [0.15, 0.2) is 0 Å². The molecule has 0 saturated heterocycles. The van der Waals surface area contributed by atoms with Gasteiger partial charge < -0.3 is 34.5 Å². The summed E-state index contributed by atoms with van der Waals surface area (Å²) in [5.74, 6) is 0. The van der Waals surface area contributed by atoms with Crippen molar-refractivity contribution in [2.45, 2.75) is 79.6 Å². The molecule has 2 aliphatic rings. The van der Waals surface area contributed by atoms with E-state index in [1.807, 2.05) is 0 Å². The normalized spacial score (nSPS) is 15.5. The molecule has 0 fully saturated rings. The standard InChI is InChI=1S/2C9H17N2.2CH3.Ni/c2*1-8(2)10-5-6-11(7-10)9(3)4;;;/h2*5-9H,1-4H3;2*1H3;/q4*-1;. The van der Waals surface area contributed by atoms with E-state index in [0.717, 1.165) is 0 Å². The van der Waals surface area contributed by atoms with Gasteiger partial charge >= 0.3 is 0 Å². The van der Waals surface area contributed by atoms with Gasteiger partial charge in [0.2, 0.25) is 0 Å². The summed E-state index contributed by atoms with van der Waals surface area (Å²) in [6.07, 6.45) is 8.46. The SMILES string of the molecule is CC(C)N1C=CN(C(C)C)[CH-]1.CC(C)N1C=CN(C(C)C)[CH-]1.[CH3-].[CH3-].[Ni]. The topological polar surface area (TPSA) is 13.0 Å². The smallest absolute Gasteiger partial charge is 0 e. The van der Waals surface area contributed by atoms with Gasteiger partial charge in [0.25, 0.3) is 0 Å². The molecule has 0 aromatic rings. The Labute approximate surface area is 168 Å². The number of hydrogen-bond acceptors (Lipinski definition) is 4. The molecule has 0 spiro atoms. The minimum Gasteiger partial charge on any atom is -0.506 e. The van der Waals surface area contributed by atoms with E-state index < -0.39 is 0 Å². The number of rotatable bonds is 4. The third-order valence-electron chi connectivity index (χ3n) is 3.74. The molecule has 2 heterocycles. The third-order valence-corrected chi connectivity index (χ3v) is 3.74. The minimum atomic E-state index is 0. The Morgan fingerprint density at radius 1 is 0.480 bits per heavy atom. The summed E-state index contributed by atoms with van der Waals surface area (Å²) in [4.78, 5) is 8.83. The minimum absolute atomic E-state index is 0. The van der Waals surface area contributed by atoms with Gasteiger partial charge in [-0.05, 0) is 104 Å². The molecule has 25 heavy (non-hydrogen) atoms. The maximum absolute atomic E-state index is 2.21. The molecule has 0 aromatic heterocycles. The van der Waals surface area contributed by atoms with Gasteiger partial charge in [-0.1, -0.05) is 0 Å². The van der Waals surface area contributed by atoms with E-state index in [1.54, 1.807) is 0 Å². The van der Waals surface area contributed by atoms with Crippen molar-refractivity contribution in [3.05, 3.63) is 53.0 Å². The van der Waals surface area contributed by atoms with Gasteiger partial charge in [0.1, 0.15) is 0 Å². The average molecular weight is 395 g/mol. The molecule has 0 saturated carbocycles. The molecule has 5 heteroatoms. The van der Waals surface area contributed by atoms with E-state index in [1.165, 1.54) is 0 Å². The first-order valence-corrected chi connectivity index (χ1v) is 8.38. The summed E-state index contributed by atoms with van der Waals surface area (Å²) < 4.78 is 0. The summed E-state index contributed by atoms with van der Waals surface area (Å²) in [6.45, 7) is 21.8. The number of hydrogen-bond donors (Lipinski definition) is 0. The summed E-state index contributed by atoms with van der Waals surface area (Å²) >= 11 is 0. The first kappa shape index (κ1) is 29.0. The summed E-state index contributed by atoms with van der Waals surface area (Å²) in [6, 6.07) is 2.26. The first-order valence-electron chi connectivity index (χ1n) is 8.38. The summed E-state index contributed by atoms with van der Waals surface area (Å²) in [5, 5.41) is 0. The van der Waals surface area contributed by atoms with Crippen LogP contribution in [0.4, 0.5) is 0 Å². The molecular weight excluding hydrogens is 355 g/mol.